The summed E-state index contributed by atoms with van der Waals surface area (Å²) in [5.74, 6) is 6.69. The van der Waals surface area contributed by atoms with Gasteiger partial charge in [-0.1, -0.05) is 17.9 Å². The number of thioether (sulfide) groups is 1. The van der Waals surface area contributed by atoms with Gasteiger partial charge < -0.3 is 10.6 Å². The Balaban J connectivity index is 2.87. The van der Waals surface area contributed by atoms with Crippen molar-refractivity contribution in [1.29, 1.82) is 0 Å². The van der Waals surface area contributed by atoms with Gasteiger partial charge in [0.15, 0.2) is 0 Å². The van der Waals surface area contributed by atoms with Crippen molar-refractivity contribution >= 4 is 17.7 Å². The van der Waals surface area contributed by atoms with Crippen molar-refractivity contribution in [2.24, 2.45) is 5.73 Å². The molecule has 0 radical (unpaired) electrons. The summed E-state index contributed by atoms with van der Waals surface area (Å²) in [6.45, 7) is 2.37. The Kier molecular flexibility index (Phi) is 6.48. The maximum atomic E-state index is 12.3. The highest BCUT2D eigenvalue weighted by Gasteiger charge is 2.16. The van der Waals surface area contributed by atoms with Crippen LogP contribution in [0.3, 0.4) is 0 Å². The average Bonchev–Trinajstić information content (AvgIpc) is 2.44. The highest BCUT2D eigenvalue weighted by Crippen LogP contribution is 2.11. The van der Waals surface area contributed by atoms with E-state index in [0.717, 1.165) is 11.3 Å². The van der Waals surface area contributed by atoms with Crippen molar-refractivity contribution in [3.8, 4) is 11.8 Å². The van der Waals surface area contributed by atoms with E-state index in [9.17, 15) is 4.79 Å². The third-order valence-electron chi connectivity index (χ3n) is 2.83. The van der Waals surface area contributed by atoms with Crippen LogP contribution in [0.25, 0.3) is 0 Å². The monoisotopic (exact) mass is 276 g/mol. The van der Waals surface area contributed by atoms with E-state index in [-0.39, 0.29) is 11.9 Å². The van der Waals surface area contributed by atoms with Crippen LogP contribution in [0, 0.1) is 11.8 Å². The normalized spacial score (nSPS) is 11.4. The molecule has 0 aliphatic heterocycles. The van der Waals surface area contributed by atoms with Gasteiger partial charge in [-0.3, -0.25) is 4.79 Å². The van der Waals surface area contributed by atoms with E-state index in [1.165, 1.54) is 0 Å². The Hall–Kier alpha value is -1.44. The van der Waals surface area contributed by atoms with Crippen LogP contribution in [0.4, 0.5) is 0 Å². The number of nitrogens with zero attached hydrogens (tertiary/aromatic N) is 1. The van der Waals surface area contributed by atoms with Crippen LogP contribution in [0.2, 0.25) is 0 Å². The molecular weight excluding hydrogens is 256 g/mol. The summed E-state index contributed by atoms with van der Waals surface area (Å²) >= 11 is 1.73. The van der Waals surface area contributed by atoms with Crippen LogP contribution in [0.15, 0.2) is 24.3 Å². The van der Waals surface area contributed by atoms with Gasteiger partial charge in [0.25, 0.3) is 5.91 Å². The largest absolute Gasteiger partial charge is 0.338 e. The minimum atomic E-state index is 0.0259. The quantitative estimate of drug-likeness (QED) is 0.853. The fraction of sp³-hybridized carbons (Fsp3) is 0.400. The van der Waals surface area contributed by atoms with Gasteiger partial charge in [-0.25, -0.2) is 0 Å². The van der Waals surface area contributed by atoms with Crippen LogP contribution >= 0.6 is 11.8 Å². The molecule has 4 heteroatoms. The number of hydrogen-bond acceptors (Lipinski definition) is 3. The molecule has 1 aromatic carbocycles. The number of hydrogen-bond donors (Lipinski definition) is 1. The molecule has 1 rings (SSSR count). The molecule has 1 aromatic rings. The zero-order valence-corrected chi connectivity index (χ0v) is 12.5. The smallest absolute Gasteiger partial charge is 0.253 e. The number of nitrogens with two attached hydrogens (primary N) is 1. The Labute approximate surface area is 119 Å². The Morgan fingerprint density at radius 1 is 1.53 bits per heavy atom. The molecule has 0 bridgehead atoms. The molecular formula is C15H20N2OS. The first-order valence-corrected chi connectivity index (χ1v) is 7.54. The molecule has 0 saturated carbocycles. The predicted octanol–water partition coefficient (Wildman–Crippen LogP) is 1.82. The van der Waals surface area contributed by atoms with Crippen molar-refractivity contribution in [3.63, 3.8) is 0 Å². The van der Waals surface area contributed by atoms with Crippen molar-refractivity contribution in [2.75, 3.05) is 25.6 Å². The molecule has 0 spiro atoms. The summed E-state index contributed by atoms with van der Waals surface area (Å²) in [5, 5.41) is 0. The Morgan fingerprint density at radius 3 is 2.89 bits per heavy atom. The maximum Gasteiger partial charge on any atom is 0.253 e. The van der Waals surface area contributed by atoms with E-state index in [1.807, 2.05) is 44.5 Å². The summed E-state index contributed by atoms with van der Waals surface area (Å²) in [5.41, 5.74) is 6.83. The first-order chi connectivity index (χ1) is 9.10. The highest BCUT2D eigenvalue weighted by molar-refractivity contribution is 7.98. The second kappa shape index (κ2) is 7.88. The van der Waals surface area contributed by atoms with E-state index in [0.29, 0.717) is 12.1 Å². The van der Waals surface area contributed by atoms with Crippen molar-refractivity contribution in [1.82, 2.24) is 4.90 Å². The molecule has 1 atom stereocenters. The van der Waals surface area contributed by atoms with E-state index >= 15 is 0 Å². The summed E-state index contributed by atoms with van der Waals surface area (Å²) in [6.07, 6.45) is 2.04. The van der Waals surface area contributed by atoms with Gasteiger partial charge in [-0.2, -0.15) is 11.8 Å². The first-order valence-electron chi connectivity index (χ1n) is 6.15. The number of benzene rings is 1. The van der Waals surface area contributed by atoms with Crippen LogP contribution in [-0.4, -0.2) is 42.4 Å². The lowest BCUT2D eigenvalue weighted by Gasteiger charge is -2.24. The van der Waals surface area contributed by atoms with Gasteiger partial charge in [0.2, 0.25) is 0 Å². The molecule has 0 aromatic heterocycles. The van der Waals surface area contributed by atoms with E-state index in [4.69, 9.17) is 5.73 Å². The van der Waals surface area contributed by atoms with Gasteiger partial charge in [-0.05, 0) is 31.4 Å². The molecule has 2 N–H and O–H groups in total. The Morgan fingerprint density at radius 2 is 2.26 bits per heavy atom. The minimum Gasteiger partial charge on any atom is -0.338 e. The Bertz CT molecular complexity index is 490. The van der Waals surface area contributed by atoms with Gasteiger partial charge in [0, 0.05) is 30.0 Å². The van der Waals surface area contributed by atoms with Crippen LogP contribution in [0.5, 0.6) is 0 Å². The zero-order valence-electron chi connectivity index (χ0n) is 11.6. The number of carbonyl (C=O) groups excluding carboxylic acids is 1. The van der Waals surface area contributed by atoms with Crippen molar-refractivity contribution < 1.29 is 4.79 Å². The lowest BCUT2D eigenvalue weighted by Crippen LogP contribution is -2.36. The molecule has 19 heavy (non-hydrogen) atoms. The number of carbonyl (C=O) groups is 1. The fourth-order valence-corrected chi connectivity index (χ4v) is 2.35. The molecule has 0 aliphatic rings. The lowest BCUT2D eigenvalue weighted by molar-refractivity contribution is 0.0757. The molecule has 102 valence electrons. The standard InChI is InChI=1S/C15H20N2OS/c1-12(11-19-3)17(2)15(18)14-8-4-6-13(10-14)7-5-9-16/h4,6,8,10,12H,9,11,16H2,1-3H3. The van der Waals surface area contributed by atoms with Crippen LogP contribution < -0.4 is 5.73 Å². The van der Waals surface area contributed by atoms with Crippen LogP contribution in [0.1, 0.15) is 22.8 Å². The van der Waals surface area contributed by atoms with Gasteiger partial charge in [-0.15, -0.1) is 0 Å². The van der Waals surface area contributed by atoms with E-state index < -0.39 is 0 Å². The summed E-state index contributed by atoms with van der Waals surface area (Å²) in [4.78, 5) is 14.1. The molecule has 0 aliphatic carbocycles. The second-order valence-electron chi connectivity index (χ2n) is 4.31. The van der Waals surface area contributed by atoms with Crippen molar-refractivity contribution in [2.45, 2.75) is 13.0 Å². The number of amides is 1. The SMILES string of the molecule is CSCC(C)N(C)C(=O)c1cccc(C#CCN)c1. The molecule has 0 fully saturated rings. The molecule has 1 amide bonds. The molecule has 1 unspecified atom stereocenters. The molecule has 0 heterocycles. The zero-order chi connectivity index (χ0) is 14.3. The lowest BCUT2D eigenvalue weighted by atomic mass is 10.1. The second-order valence-corrected chi connectivity index (χ2v) is 5.22. The topological polar surface area (TPSA) is 46.3 Å². The fourth-order valence-electron chi connectivity index (χ4n) is 1.64. The molecule has 0 saturated heterocycles. The van der Waals surface area contributed by atoms with Crippen molar-refractivity contribution in [3.05, 3.63) is 35.4 Å². The summed E-state index contributed by atoms with van der Waals surface area (Å²) in [7, 11) is 1.83. The third kappa shape index (κ3) is 4.62. The van der Waals surface area contributed by atoms with E-state index in [2.05, 4.69) is 11.8 Å². The van der Waals surface area contributed by atoms with E-state index in [1.54, 1.807) is 16.7 Å². The average molecular weight is 276 g/mol. The maximum absolute atomic E-state index is 12.3. The predicted molar refractivity (Wildman–Crippen MR) is 82.3 cm³/mol. The van der Waals surface area contributed by atoms with Crippen LogP contribution in [-0.2, 0) is 0 Å². The van der Waals surface area contributed by atoms with Gasteiger partial charge in [0.1, 0.15) is 0 Å². The van der Waals surface area contributed by atoms with Gasteiger partial charge >= 0.3 is 0 Å². The minimum absolute atomic E-state index is 0.0259. The van der Waals surface area contributed by atoms with Gasteiger partial charge in [0.05, 0.1) is 6.54 Å². The number of rotatable bonds is 4. The highest BCUT2D eigenvalue weighted by atomic mass is 32.2. The third-order valence-corrected chi connectivity index (χ3v) is 3.65. The summed E-state index contributed by atoms with van der Waals surface area (Å²) < 4.78 is 0. The molecule has 3 nitrogen and oxygen atoms in total. The first kappa shape index (κ1) is 15.6. The summed E-state index contributed by atoms with van der Waals surface area (Å²) in [6, 6.07) is 7.57.